The van der Waals surface area contributed by atoms with E-state index in [0.717, 1.165) is 5.56 Å². The van der Waals surface area contributed by atoms with Crippen LogP contribution in [0.25, 0.3) is 0 Å². The molecule has 1 aromatic heterocycles. The van der Waals surface area contributed by atoms with Crippen LogP contribution in [0.1, 0.15) is 38.3 Å². The Hall–Kier alpha value is -1.88. The van der Waals surface area contributed by atoms with E-state index in [1.54, 1.807) is 13.8 Å². The molecule has 0 bridgehead atoms. The van der Waals surface area contributed by atoms with E-state index < -0.39 is 5.97 Å². The van der Waals surface area contributed by atoms with E-state index in [1.807, 2.05) is 0 Å². The van der Waals surface area contributed by atoms with Crippen LogP contribution in [0.3, 0.4) is 0 Å². The maximum absolute atomic E-state index is 11.4. The van der Waals surface area contributed by atoms with Gasteiger partial charge in [0.2, 0.25) is 0 Å². The van der Waals surface area contributed by atoms with E-state index in [9.17, 15) is 9.90 Å². The van der Waals surface area contributed by atoms with Crippen molar-refractivity contribution in [2.45, 2.75) is 38.5 Å². The summed E-state index contributed by atoms with van der Waals surface area (Å²) in [6.45, 7) is 7.65. The molecular formula is C16H18N2O2S. The summed E-state index contributed by atoms with van der Waals surface area (Å²) in [5.41, 5.74) is 5.17. The first-order valence-electron chi connectivity index (χ1n) is 6.65. The van der Waals surface area contributed by atoms with Gasteiger partial charge in [0.15, 0.2) is 0 Å². The van der Waals surface area contributed by atoms with Crippen molar-refractivity contribution in [1.29, 1.82) is 0 Å². The van der Waals surface area contributed by atoms with Crippen LogP contribution < -0.4 is 0 Å². The van der Waals surface area contributed by atoms with Gasteiger partial charge in [0, 0.05) is 5.75 Å². The minimum absolute atomic E-state index is 0.261. The lowest BCUT2D eigenvalue weighted by Crippen LogP contribution is -2.08. The van der Waals surface area contributed by atoms with Crippen molar-refractivity contribution in [2.24, 2.45) is 0 Å². The number of carboxylic acid groups (broad SMARTS) is 1. The number of carboxylic acids is 1. The summed E-state index contributed by atoms with van der Waals surface area (Å²) in [5, 5.41) is 17.9. The van der Waals surface area contributed by atoms with E-state index in [4.69, 9.17) is 0 Å². The van der Waals surface area contributed by atoms with Gasteiger partial charge in [-0.1, -0.05) is 41.1 Å². The maximum atomic E-state index is 11.4. The highest BCUT2D eigenvalue weighted by molar-refractivity contribution is 7.98. The predicted molar refractivity (Wildman–Crippen MR) is 83.9 cm³/mol. The number of nitrogens with zero attached hydrogens (tertiary/aromatic N) is 2. The summed E-state index contributed by atoms with van der Waals surface area (Å²) in [5.74, 6) is -0.270. The van der Waals surface area contributed by atoms with Crippen molar-refractivity contribution in [3.8, 4) is 0 Å². The van der Waals surface area contributed by atoms with Gasteiger partial charge in [-0.3, -0.25) is 0 Å². The van der Waals surface area contributed by atoms with Crippen molar-refractivity contribution >= 4 is 17.7 Å². The van der Waals surface area contributed by atoms with Crippen molar-refractivity contribution in [2.75, 3.05) is 0 Å². The molecule has 0 atom stereocenters. The van der Waals surface area contributed by atoms with Gasteiger partial charge >= 0.3 is 5.97 Å². The molecule has 1 heterocycles. The molecule has 0 unspecified atom stereocenters. The molecule has 0 fully saturated rings. The number of rotatable bonds is 4. The van der Waals surface area contributed by atoms with Gasteiger partial charge in [-0.25, -0.2) is 4.79 Å². The molecule has 1 aromatic carbocycles. The zero-order valence-corrected chi connectivity index (χ0v) is 13.4. The summed E-state index contributed by atoms with van der Waals surface area (Å²) >= 11 is 1.41. The lowest BCUT2D eigenvalue weighted by atomic mass is 10.1. The van der Waals surface area contributed by atoms with E-state index in [1.165, 1.54) is 22.9 Å². The summed E-state index contributed by atoms with van der Waals surface area (Å²) in [6, 6.07) is 6.33. The maximum Gasteiger partial charge on any atom is 0.338 e. The summed E-state index contributed by atoms with van der Waals surface area (Å²) in [4.78, 5) is 11.4. The Morgan fingerprint density at radius 2 is 1.71 bits per heavy atom. The van der Waals surface area contributed by atoms with Crippen molar-refractivity contribution in [3.05, 3.63) is 51.7 Å². The van der Waals surface area contributed by atoms with Gasteiger partial charge < -0.3 is 5.11 Å². The molecule has 21 heavy (non-hydrogen) atoms. The lowest BCUT2D eigenvalue weighted by molar-refractivity contribution is 0.0690. The number of aromatic carboxylic acids is 1. The highest BCUT2D eigenvalue weighted by atomic mass is 32.2. The zero-order valence-electron chi connectivity index (χ0n) is 12.6. The average Bonchev–Trinajstić information content (AvgIpc) is 2.38. The number of thioether (sulfide) groups is 1. The third-order valence-corrected chi connectivity index (χ3v) is 4.33. The second-order valence-electron chi connectivity index (χ2n) is 5.18. The number of carbonyl (C=O) groups is 1. The fourth-order valence-corrected chi connectivity index (χ4v) is 3.20. The fourth-order valence-electron chi connectivity index (χ4n) is 2.24. The number of hydrogen-bond donors (Lipinski definition) is 1. The second-order valence-corrected chi connectivity index (χ2v) is 6.14. The molecule has 0 amide bonds. The van der Waals surface area contributed by atoms with Crippen LogP contribution in [-0.2, 0) is 5.75 Å². The second kappa shape index (κ2) is 6.26. The largest absolute Gasteiger partial charge is 0.478 e. The minimum atomic E-state index is -0.951. The molecule has 1 N–H and O–H groups in total. The van der Waals surface area contributed by atoms with Crippen LogP contribution in [-0.4, -0.2) is 21.3 Å². The van der Waals surface area contributed by atoms with Crippen LogP contribution in [0.5, 0.6) is 0 Å². The summed E-state index contributed by atoms with van der Waals surface area (Å²) in [6.07, 6.45) is 0. The zero-order chi connectivity index (χ0) is 15.6. The van der Waals surface area contributed by atoms with E-state index in [2.05, 4.69) is 42.2 Å². The van der Waals surface area contributed by atoms with Crippen LogP contribution >= 0.6 is 11.8 Å². The summed E-state index contributed by atoms with van der Waals surface area (Å²) in [7, 11) is 0. The Bertz CT molecular complexity index is 679. The molecule has 2 aromatic rings. The Labute approximate surface area is 128 Å². The first-order chi connectivity index (χ1) is 9.88. The monoisotopic (exact) mass is 302 g/mol. The van der Waals surface area contributed by atoms with Gasteiger partial charge in [0.1, 0.15) is 5.03 Å². The fraction of sp³-hybridized carbons (Fsp3) is 0.312. The van der Waals surface area contributed by atoms with Gasteiger partial charge in [-0.15, -0.1) is 5.10 Å². The highest BCUT2D eigenvalue weighted by Crippen LogP contribution is 2.27. The number of hydrogen-bond acceptors (Lipinski definition) is 4. The molecule has 0 radical (unpaired) electrons. The quantitative estimate of drug-likeness (QED) is 0.872. The molecule has 0 saturated carbocycles. The predicted octanol–water partition coefficient (Wildman–Crippen LogP) is 3.70. The van der Waals surface area contributed by atoms with Crippen molar-refractivity contribution < 1.29 is 9.90 Å². The molecule has 0 aliphatic heterocycles. The number of aryl methyl sites for hydroxylation is 3. The first kappa shape index (κ1) is 15.5. The Morgan fingerprint density at radius 3 is 2.29 bits per heavy atom. The number of benzene rings is 1. The molecule has 0 spiro atoms. The normalized spacial score (nSPS) is 10.7. The molecular weight excluding hydrogens is 284 g/mol. The molecule has 0 aliphatic rings. The Kier molecular flexibility index (Phi) is 4.63. The Balaban J connectivity index is 2.28. The van der Waals surface area contributed by atoms with E-state index in [0.29, 0.717) is 22.0 Å². The average molecular weight is 302 g/mol. The van der Waals surface area contributed by atoms with E-state index in [-0.39, 0.29) is 5.56 Å². The van der Waals surface area contributed by atoms with Crippen molar-refractivity contribution in [3.63, 3.8) is 0 Å². The van der Waals surface area contributed by atoms with Gasteiger partial charge in [-0.05, 0) is 38.8 Å². The third kappa shape index (κ3) is 3.61. The smallest absolute Gasteiger partial charge is 0.338 e. The van der Waals surface area contributed by atoms with Gasteiger partial charge in [0.05, 0.1) is 11.3 Å². The first-order valence-corrected chi connectivity index (χ1v) is 7.64. The molecule has 5 heteroatoms. The van der Waals surface area contributed by atoms with Gasteiger partial charge in [-0.2, -0.15) is 5.10 Å². The number of aromatic nitrogens is 2. The lowest BCUT2D eigenvalue weighted by Gasteiger charge is -2.09. The van der Waals surface area contributed by atoms with Crippen molar-refractivity contribution in [1.82, 2.24) is 10.2 Å². The third-order valence-electron chi connectivity index (χ3n) is 3.29. The Morgan fingerprint density at radius 1 is 1.10 bits per heavy atom. The minimum Gasteiger partial charge on any atom is -0.478 e. The topological polar surface area (TPSA) is 63.1 Å². The van der Waals surface area contributed by atoms with Crippen LogP contribution in [0.2, 0.25) is 0 Å². The molecule has 110 valence electrons. The molecule has 0 aliphatic carbocycles. The van der Waals surface area contributed by atoms with Crippen LogP contribution in [0.15, 0.2) is 23.2 Å². The molecule has 4 nitrogen and oxygen atoms in total. The van der Waals surface area contributed by atoms with Crippen LogP contribution in [0.4, 0.5) is 0 Å². The molecule has 2 rings (SSSR count). The standard InChI is InChI=1S/C16H18N2O2S/c1-9-5-10(2)7-13(6-9)8-21-15-14(16(19)20)11(3)12(4)17-18-15/h5-7H,8H2,1-4H3,(H,19,20). The van der Waals surface area contributed by atoms with Gasteiger partial charge in [0.25, 0.3) is 0 Å². The highest BCUT2D eigenvalue weighted by Gasteiger charge is 2.18. The van der Waals surface area contributed by atoms with E-state index >= 15 is 0 Å². The molecule has 0 saturated heterocycles. The van der Waals surface area contributed by atoms with Crippen LogP contribution in [0, 0.1) is 27.7 Å². The summed E-state index contributed by atoms with van der Waals surface area (Å²) < 4.78 is 0. The SMILES string of the molecule is Cc1cc(C)cc(CSc2nnc(C)c(C)c2C(=O)O)c1.